The third kappa shape index (κ3) is 6.21. The van der Waals surface area contributed by atoms with E-state index in [2.05, 4.69) is 20.5 Å². The molecule has 1 aliphatic heterocycles. The van der Waals surface area contributed by atoms with Gasteiger partial charge in [-0.05, 0) is 43.6 Å². The van der Waals surface area contributed by atoms with Crippen LogP contribution >= 0.6 is 23.2 Å². The first-order chi connectivity index (χ1) is 13.6. The highest BCUT2D eigenvalue weighted by molar-refractivity contribution is 6.30. The molecule has 28 heavy (non-hydrogen) atoms. The predicted molar refractivity (Wildman–Crippen MR) is 115 cm³/mol. The molecule has 1 aliphatic rings. The molecule has 0 amide bonds. The van der Waals surface area contributed by atoms with Crippen LogP contribution in [0.2, 0.25) is 10.2 Å². The monoisotopic (exact) mass is 423 g/mol. The van der Waals surface area contributed by atoms with Crippen LogP contribution in [0, 0.1) is 0 Å². The predicted octanol–water partition coefficient (Wildman–Crippen LogP) is 3.24. The molecule has 2 heterocycles. The van der Waals surface area contributed by atoms with E-state index in [0.717, 1.165) is 25.2 Å². The number of hydrogen-bond acceptors (Lipinski definition) is 5. The summed E-state index contributed by atoms with van der Waals surface area (Å²) in [5.41, 5.74) is 0.913. The second-order valence-electron chi connectivity index (χ2n) is 7.02. The smallest absolute Gasteiger partial charge is 0.294 e. The maximum absolute atomic E-state index is 12.7. The molecule has 0 saturated carbocycles. The van der Waals surface area contributed by atoms with Crippen LogP contribution in [0.3, 0.4) is 0 Å². The van der Waals surface area contributed by atoms with Gasteiger partial charge in [-0.25, -0.2) is 4.98 Å². The van der Waals surface area contributed by atoms with Gasteiger partial charge < -0.3 is 15.5 Å². The zero-order valence-corrected chi connectivity index (χ0v) is 17.5. The standard InChI is InChI=1S/C20H27Cl2N5O/c21-17-6-4-5-16(13-17)14-23-7-12-27-18(22)15-25-19(20(27)28)24-8-11-26-9-2-1-3-10-26/h4-6,13,15,23H,1-3,7-12,14H2,(H,24,25). The Kier molecular flexibility index (Phi) is 8.15. The van der Waals surface area contributed by atoms with Crippen molar-refractivity contribution >= 4 is 29.0 Å². The lowest BCUT2D eigenvalue weighted by atomic mass is 10.1. The van der Waals surface area contributed by atoms with Gasteiger partial charge in [0.05, 0.1) is 6.20 Å². The lowest BCUT2D eigenvalue weighted by molar-refractivity contribution is 0.237. The van der Waals surface area contributed by atoms with Gasteiger partial charge in [0, 0.05) is 37.7 Å². The lowest BCUT2D eigenvalue weighted by Gasteiger charge is -2.26. The summed E-state index contributed by atoms with van der Waals surface area (Å²) in [6.45, 7) is 5.67. The number of halogens is 2. The maximum atomic E-state index is 12.7. The van der Waals surface area contributed by atoms with Crippen LogP contribution in [0.1, 0.15) is 24.8 Å². The second kappa shape index (κ2) is 10.8. The molecule has 0 aliphatic carbocycles. The average Bonchev–Trinajstić information content (AvgIpc) is 2.70. The topological polar surface area (TPSA) is 62.2 Å². The van der Waals surface area contributed by atoms with Crippen molar-refractivity contribution in [1.82, 2.24) is 19.8 Å². The first-order valence-corrected chi connectivity index (χ1v) is 10.6. The first kappa shape index (κ1) is 21.1. The molecule has 0 unspecified atom stereocenters. The molecule has 3 rings (SSSR count). The van der Waals surface area contributed by atoms with Crippen LogP contribution in [0.25, 0.3) is 0 Å². The molecule has 8 heteroatoms. The Morgan fingerprint density at radius 1 is 1.07 bits per heavy atom. The van der Waals surface area contributed by atoms with E-state index in [0.29, 0.717) is 42.2 Å². The highest BCUT2D eigenvalue weighted by Gasteiger charge is 2.11. The van der Waals surface area contributed by atoms with E-state index in [1.165, 1.54) is 25.5 Å². The van der Waals surface area contributed by atoms with Crippen molar-refractivity contribution in [2.75, 3.05) is 38.0 Å². The third-order valence-electron chi connectivity index (χ3n) is 4.91. The van der Waals surface area contributed by atoms with E-state index in [9.17, 15) is 4.79 Å². The fourth-order valence-corrected chi connectivity index (χ4v) is 3.81. The quantitative estimate of drug-likeness (QED) is 0.606. The molecule has 2 N–H and O–H groups in total. The minimum atomic E-state index is -0.185. The van der Waals surface area contributed by atoms with E-state index >= 15 is 0 Å². The molecule has 2 aromatic rings. The summed E-state index contributed by atoms with van der Waals surface area (Å²) in [5.74, 6) is 0.358. The Morgan fingerprint density at radius 2 is 1.89 bits per heavy atom. The number of nitrogens with zero attached hydrogens (tertiary/aromatic N) is 3. The van der Waals surface area contributed by atoms with E-state index < -0.39 is 0 Å². The molecule has 1 saturated heterocycles. The Hall–Kier alpha value is -1.60. The lowest BCUT2D eigenvalue weighted by Crippen LogP contribution is -2.35. The number of aromatic nitrogens is 2. The van der Waals surface area contributed by atoms with E-state index in [1.807, 2.05) is 24.3 Å². The fourth-order valence-electron chi connectivity index (χ4n) is 3.38. The molecule has 0 spiro atoms. The summed E-state index contributed by atoms with van der Waals surface area (Å²) in [7, 11) is 0. The number of nitrogens with one attached hydrogen (secondary N) is 2. The largest absolute Gasteiger partial charge is 0.364 e. The van der Waals surface area contributed by atoms with Crippen LogP contribution in [0.5, 0.6) is 0 Å². The van der Waals surface area contributed by atoms with E-state index in [4.69, 9.17) is 23.2 Å². The number of piperidine rings is 1. The van der Waals surface area contributed by atoms with Gasteiger partial charge >= 0.3 is 0 Å². The van der Waals surface area contributed by atoms with Crippen LogP contribution < -0.4 is 16.2 Å². The molecular formula is C20H27Cl2N5O. The molecule has 6 nitrogen and oxygen atoms in total. The molecule has 152 valence electrons. The summed E-state index contributed by atoms with van der Waals surface area (Å²) in [5, 5.41) is 7.54. The van der Waals surface area contributed by atoms with Crippen LogP contribution in [0.4, 0.5) is 5.82 Å². The highest BCUT2D eigenvalue weighted by Crippen LogP contribution is 2.11. The molecule has 0 atom stereocenters. The minimum absolute atomic E-state index is 0.185. The number of rotatable bonds is 9. The van der Waals surface area contributed by atoms with Gasteiger partial charge in [-0.2, -0.15) is 0 Å². The summed E-state index contributed by atoms with van der Waals surface area (Å²) >= 11 is 12.2. The van der Waals surface area contributed by atoms with Gasteiger partial charge in [0.1, 0.15) is 5.15 Å². The Bertz CT molecular complexity index is 820. The van der Waals surface area contributed by atoms with Crippen LogP contribution in [-0.2, 0) is 13.1 Å². The molecule has 1 aromatic carbocycles. The third-order valence-corrected chi connectivity index (χ3v) is 5.44. The summed E-state index contributed by atoms with van der Waals surface area (Å²) in [4.78, 5) is 19.3. The minimum Gasteiger partial charge on any atom is -0.364 e. The van der Waals surface area contributed by atoms with Crippen LogP contribution in [-0.4, -0.2) is 47.2 Å². The molecule has 1 aromatic heterocycles. The van der Waals surface area contributed by atoms with Gasteiger partial charge in [0.25, 0.3) is 5.56 Å². The Labute approximate surface area is 175 Å². The molecule has 0 bridgehead atoms. The SMILES string of the molecule is O=c1c(NCCN2CCCCC2)ncc(Cl)n1CCNCc1cccc(Cl)c1. The van der Waals surface area contributed by atoms with E-state index in [-0.39, 0.29) is 5.56 Å². The van der Waals surface area contributed by atoms with Crippen molar-refractivity contribution in [3.05, 3.63) is 56.6 Å². The normalized spacial score (nSPS) is 14.9. The van der Waals surface area contributed by atoms with Gasteiger partial charge in [-0.1, -0.05) is 41.8 Å². The van der Waals surface area contributed by atoms with Crippen LogP contribution in [0.15, 0.2) is 35.3 Å². The summed E-state index contributed by atoms with van der Waals surface area (Å²) in [6.07, 6.45) is 5.37. The average molecular weight is 424 g/mol. The number of benzene rings is 1. The van der Waals surface area contributed by atoms with Crippen molar-refractivity contribution in [3.8, 4) is 0 Å². The number of likely N-dealkylation sites (tertiary alicyclic amines) is 1. The number of anilines is 1. The molecule has 1 fully saturated rings. The van der Waals surface area contributed by atoms with Gasteiger partial charge in [-0.3, -0.25) is 9.36 Å². The van der Waals surface area contributed by atoms with Gasteiger partial charge in [0.2, 0.25) is 0 Å². The maximum Gasteiger partial charge on any atom is 0.294 e. The number of hydrogen-bond donors (Lipinski definition) is 2. The molecule has 0 radical (unpaired) electrons. The fraction of sp³-hybridized carbons (Fsp3) is 0.500. The van der Waals surface area contributed by atoms with Gasteiger partial charge in [-0.15, -0.1) is 0 Å². The van der Waals surface area contributed by atoms with Crippen molar-refractivity contribution in [2.24, 2.45) is 0 Å². The van der Waals surface area contributed by atoms with Crippen molar-refractivity contribution in [2.45, 2.75) is 32.4 Å². The zero-order chi connectivity index (χ0) is 19.8. The van der Waals surface area contributed by atoms with Crippen molar-refractivity contribution in [1.29, 1.82) is 0 Å². The van der Waals surface area contributed by atoms with Gasteiger partial charge in [0.15, 0.2) is 5.82 Å². The summed E-state index contributed by atoms with van der Waals surface area (Å²) < 4.78 is 1.54. The van der Waals surface area contributed by atoms with E-state index in [1.54, 1.807) is 4.57 Å². The van der Waals surface area contributed by atoms with Crippen molar-refractivity contribution < 1.29 is 0 Å². The zero-order valence-electron chi connectivity index (χ0n) is 16.0. The highest BCUT2D eigenvalue weighted by atomic mass is 35.5. The molecular weight excluding hydrogens is 397 g/mol. The Balaban J connectivity index is 1.49. The first-order valence-electron chi connectivity index (χ1n) is 9.80. The summed E-state index contributed by atoms with van der Waals surface area (Å²) in [6, 6.07) is 7.70. The second-order valence-corrected chi connectivity index (χ2v) is 7.85. The van der Waals surface area contributed by atoms with Crippen molar-refractivity contribution in [3.63, 3.8) is 0 Å². The Morgan fingerprint density at radius 3 is 2.68 bits per heavy atom.